The zero-order valence-corrected chi connectivity index (χ0v) is 13.4. The van der Waals surface area contributed by atoms with E-state index in [2.05, 4.69) is 27.9 Å². The summed E-state index contributed by atoms with van der Waals surface area (Å²) in [6.45, 7) is 0.375. The van der Waals surface area contributed by atoms with Gasteiger partial charge in [-0.2, -0.15) is 0 Å². The van der Waals surface area contributed by atoms with Gasteiger partial charge in [0.15, 0.2) is 0 Å². The molecule has 0 aliphatic carbocycles. The Balaban J connectivity index is 1.65. The van der Waals surface area contributed by atoms with Crippen molar-refractivity contribution in [1.82, 2.24) is 9.80 Å². The molecule has 1 aromatic rings. The van der Waals surface area contributed by atoms with Crippen LogP contribution in [0.2, 0.25) is 0 Å². The maximum atomic E-state index is 12.1. The highest BCUT2D eigenvalue weighted by atomic mass is 127. The van der Waals surface area contributed by atoms with E-state index in [1.54, 1.807) is 11.0 Å². The first kappa shape index (κ1) is 14.3. The van der Waals surface area contributed by atoms with E-state index in [1.807, 2.05) is 18.2 Å². The third-order valence-electron chi connectivity index (χ3n) is 3.69. The van der Waals surface area contributed by atoms with Crippen molar-refractivity contribution in [2.45, 2.75) is 18.9 Å². The van der Waals surface area contributed by atoms with Crippen LogP contribution in [-0.2, 0) is 9.59 Å². The molecule has 1 unspecified atom stereocenters. The van der Waals surface area contributed by atoms with Gasteiger partial charge in [0.1, 0.15) is 12.6 Å². The Morgan fingerprint density at radius 2 is 2.19 bits per heavy atom. The summed E-state index contributed by atoms with van der Waals surface area (Å²) in [4.78, 5) is 38.8. The van der Waals surface area contributed by atoms with Crippen LogP contribution in [0.15, 0.2) is 24.3 Å². The van der Waals surface area contributed by atoms with E-state index in [0.29, 0.717) is 18.7 Å². The Morgan fingerprint density at radius 1 is 1.38 bits per heavy atom. The van der Waals surface area contributed by atoms with Gasteiger partial charge in [0.05, 0.1) is 0 Å². The molecule has 110 valence electrons. The highest BCUT2D eigenvalue weighted by Crippen LogP contribution is 2.27. The summed E-state index contributed by atoms with van der Waals surface area (Å²) in [7, 11) is 0. The molecule has 2 saturated heterocycles. The maximum absolute atomic E-state index is 12.1. The van der Waals surface area contributed by atoms with E-state index in [1.165, 1.54) is 0 Å². The summed E-state index contributed by atoms with van der Waals surface area (Å²) in [5.74, 6) is -0.616. The first-order valence-corrected chi connectivity index (χ1v) is 7.81. The maximum Gasteiger partial charge on any atom is 0.327 e. The lowest BCUT2D eigenvalue weighted by atomic mass is 10.2. The number of anilines is 1. The molecule has 1 atom stereocenters. The normalized spacial score (nSPS) is 20.9. The van der Waals surface area contributed by atoms with Crippen LogP contribution in [0.3, 0.4) is 0 Å². The number of hydrogen-bond donors (Lipinski definition) is 1. The first-order valence-electron chi connectivity index (χ1n) is 6.73. The van der Waals surface area contributed by atoms with Gasteiger partial charge in [-0.3, -0.25) is 14.5 Å². The second-order valence-corrected chi connectivity index (χ2v) is 6.36. The van der Waals surface area contributed by atoms with E-state index < -0.39 is 0 Å². The number of urea groups is 1. The summed E-state index contributed by atoms with van der Waals surface area (Å²) in [6.07, 6.45) is 1.55. The number of fused-ring (bicyclic) bond motifs is 1. The molecule has 21 heavy (non-hydrogen) atoms. The number of carbonyl (C=O) groups is 3. The Hall–Kier alpha value is -1.64. The number of amides is 4. The lowest BCUT2D eigenvalue weighted by Gasteiger charge is -2.15. The summed E-state index contributed by atoms with van der Waals surface area (Å²) in [5, 5.41) is 2.71. The quantitative estimate of drug-likeness (QED) is 0.621. The Morgan fingerprint density at radius 3 is 2.90 bits per heavy atom. The second-order valence-electron chi connectivity index (χ2n) is 5.12. The minimum absolute atomic E-state index is 0.226. The lowest BCUT2D eigenvalue weighted by Crippen LogP contribution is -2.39. The number of rotatable bonds is 3. The second kappa shape index (κ2) is 5.63. The number of halogens is 1. The van der Waals surface area contributed by atoms with Gasteiger partial charge >= 0.3 is 6.03 Å². The number of hydrogen-bond acceptors (Lipinski definition) is 3. The summed E-state index contributed by atoms with van der Waals surface area (Å²) >= 11 is 2.15. The molecule has 7 heteroatoms. The van der Waals surface area contributed by atoms with Gasteiger partial charge in [-0.25, -0.2) is 4.79 Å². The van der Waals surface area contributed by atoms with Crippen LogP contribution in [0.4, 0.5) is 10.5 Å². The molecule has 1 aromatic carbocycles. The van der Waals surface area contributed by atoms with Gasteiger partial charge in [0, 0.05) is 15.8 Å². The molecule has 2 fully saturated rings. The Kier molecular flexibility index (Phi) is 3.83. The first-order chi connectivity index (χ1) is 10.1. The van der Waals surface area contributed by atoms with E-state index in [0.717, 1.165) is 14.9 Å². The van der Waals surface area contributed by atoms with Crippen molar-refractivity contribution in [1.29, 1.82) is 0 Å². The molecule has 0 radical (unpaired) electrons. The van der Waals surface area contributed by atoms with Crippen LogP contribution < -0.4 is 5.32 Å². The van der Waals surface area contributed by atoms with E-state index in [9.17, 15) is 14.4 Å². The molecule has 0 bridgehead atoms. The fraction of sp³-hybridized carbons (Fsp3) is 0.357. The van der Waals surface area contributed by atoms with Crippen molar-refractivity contribution in [3.63, 3.8) is 0 Å². The molecule has 2 aliphatic heterocycles. The highest BCUT2D eigenvalue weighted by Gasteiger charge is 2.47. The van der Waals surface area contributed by atoms with Crippen LogP contribution in [-0.4, -0.2) is 46.8 Å². The Labute approximate surface area is 135 Å². The Bertz CT molecular complexity index is 597. The van der Waals surface area contributed by atoms with Gasteiger partial charge in [-0.15, -0.1) is 0 Å². The minimum atomic E-state index is -0.361. The molecule has 0 aromatic heterocycles. The zero-order valence-electron chi connectivity index (χ0n) is 11.2. The smallest absolute Gasteiger partial charge is 0.324 e. The van der Waals surface area contributed by atoms with Crippen LogP contribution in [0.1, 0.15) is 12.8 Å². The number of nitrogens with zero attached hydrogens (tertiary/aromatic N) is 2. The molecule has 4 amide bonds. The van der Waals surface area contributed by atoms with Crippen molar-refractivity contribution in [2.24, 2.45) is 0 Å². The van der Waals surface area contributed by atoms with Crippen molar-refractivity contribution >= 4 is 46.1 Å². The van der Waals surface area contributed by atoms with Gasteiger partial charge in [-0.05, 0) is 53.6 Å². The number of nitrogens with one attached hydrogen (secondary N) is 1. The largest absolute Gasteiger partial charge is 0.327 e. The summed E-state index contributed by atoms with van der Waals surface area (Å²) in [5.41, 5.74) is 0.659. The van der Waals surface area contributed by atoms with Crippen molar-refractivity contribution < 1.29 is 14.4 Å². The van der Waals surface area contributed by atoms with Gasteiger partial charge in [-0.1, -0.05) is 6.07 Å². The number of benzene rings is 1. The predicted octanol–water partition coefficient (Wildman–Crippen LogP) is 1.66. The van der Waals surface area contributed by atoms with Gasteiger partial charge in [0.25, 0.3) is 5.91 Å². The lowest BCUT2D eigenvalue weighted by molar-refractivity contribution is -0.131. The van der Waals surface area contributed by atoms with Crippen molar-refractivity contribution in [2.75, 3.05) is 18.4 Å². The average molecular weight is 399 g/mol. The number of imide groups is 1. The van der Waals surface area contributed by atoms with Crippen LogP contribution >= 0.6 is 22.6 Å². The third kappa shape index (κ3) is 2.74. The minimum Gasteiger partial charge on any atom is -0.324 e. The van der Waals surface area contributed by atoms with Crippen LogP contribution in [0.5, 0.6) is 0 Å². The zero-order chi connectivity index (χ0) is 15.0. The summed E-state index contributed by atoms with van der Waals surface area (Å²) in [6, 6.07) is 6.64. The molecule has 2 heterocycles. The SMILES string of the molecule is O=C(CN1C(=O)C2CCCN2C1=O)Nc1cccc(I)c1. The van der Waals surface area contributed by atoms with E-state index in [-0.39, 0.29) is 30.4 Å². The predicted molar refractivity (Wildman–Crippen MR) is 84.6 cm³/mol. The standard InChI is InChI=1S/C14H14IN3O3/c15-9-3-1-4-10(7-9)16-12(19)8-18-13(20)11-5-2-6-17(11)14(18)21/h1,3-4,7,11H,2,5-6,8H2,(H,16,19). The van der Waals surface area contributed by atoms with Gasteiger partial charge < -0.3 is 10.2 Å². The van der Waals surface area contributed by atoms with Crippen molar-refractivity contribution in [3.05, 3.63) is 27.8 Å². The van der Waals surface area contributed by atoms with Gasteiger partial charge in [0.2, 0.25) is 5.91 Å². The fourth-order valence-corrected chi connectivity index (χ4v) is 3.28. The van der Waals surface area contributed by atoms with Crippen LogP contribution in [0, 0.1) is 3.57 Å². The third-order valence-corrected chi connectivity index (χ3v) is 4.36. The van der Waals surface area contributed by atoms with Crippen molar-refractivity contribution in [3.8, 4) is 0 Å². The average Bonchev–Trinajstić information content (AvgIpc) is 2.99. The monoisotopic (exact) mass is 399 g/mol. The molecule has 0 saturated carbocycles. The molecule has 2 aliphatic rings. The van der Waals surface area contributed by atoms with E-state index in [4.69, 9.17) is 0 Å². The van der Waals surface area contributed by atoms with E-state index >= 15 is 0 Å². The summed E-state index contributed by atoms with van der Waals surface area (Å²) < 4.78 is 0.999. The topological polar surface area (TPSA) is 69.7 Å². The molecular formula is C14H14IN3O3. The molecular weight excluding hydrogens is 385 g/mol. The fourth-order valence-electron chi connectivity index (χ4n) is 2.74. The number of carbonyl (C=O) groups excluding carboxylic acids is 3. The molecule has 6 nitrogen and oxygen atoms in total. The highest BCUT2D eigenvalue weighted by molar-refractivity contribution is 14.1. The van der Waals surface area contributed by atoms with Crippen LogP contribution in [0.25, 0.3) is 0 Å². The molecule has 0 spiro atoms. The molecule has 3 rings (SSSR count). The molecule has 1 N–H and O–H groups in total.